The van der Waals surface area contributed by atoms with Gasteiger partial charge in [-0.2, -0.15) is 0 Å². The first-order valence-corrected chi connectivity index (χ1v) is 12.6. The van der Waals surface area contributed by atoms with Gasteiger partial charge in [0.15, 0.2) is 0 Å². The smallest absolute Gasteiger partial charge is 0.0561 e. The minimum Gasteiger partial charge on any atom is -0.0561 e. The third-order valence-electron chi connectivity index (χ3n) is 4.59. The lowest BCUT2D eigenvalue weighted by Crippen LogP contribution is -2.14. The third kappa shape index (κ3) is 4.61. The zero-order valence-electron chi connectivity index (χ0n) is 15.7. The van der Waals surface area contributed by atoms with Gasteiger partial charge in [-0.3, -0.25) is 0 Å². The lowest BCUT2D eigenvalue weighted by Gasteiger charge is -2.21. The Morgan fingerprint density at radius 2 is 1.00 bits per heavy atom. The van der Waals surface area contributed by atoms with Crippen molar-refractivity contribution in [3.8, 4) is 0 Å². The molecule has 2 unspecified atom stereocenters. The molecule has 4 rings (SSSR count). The van der Waals surface area contributed by atoms with Gasteiger partial charge in [-0.1, -0.05) is 57.2 Å². The van der Waals surface area contributed by atoms with Crippen molar-refractivity contribution in [2.45, 2.75) is 49.2 Å². The zero-order valence-corrected chi connectivity index (χ0v) is 17.3. The van der Waals surface area contributed by atoms with E-state index in [0.717, 1.165) is 0 Å². The van der Waals surface area contributed by atoms with Crippen LogP contribution in [0, 0.1) is 0 Å². The quantitative estimate of drug-likeness (QED) is 0.568. The van der Waals surface area contributed by atoms with Crippen LogP contribution in [0.15, 0.2) is 42.5 Å². The molecule has 2 heterocycles. The van der Waals surface area contributed by atoms with Gasteiger partial charge >= 0.3 is 0 Å². The molecule has 0 spiro atoms. The molecule has 2 heteroatoms. The molecule has 0 aliphatic carbocycles. The van der Waals surface area contributed by atoms with Gasteiger partial charge in [-0.15, -0.1) is 0 Å². The lowest BCUT2D eigenvalue weighted by molar-refractivity contribution is 0.589. The Balaban J connectivity index is 2.00. The van der Waals surface area contributed by atoms with Gasteiger partial charge in [-0.25, -0.2) is 0 Å². The number of hydrogen-bond acceptors (Lipinski definition) is 0. The molecule has 4 bridgehead atoms. The molecular weight excluding hydrogens is 328 g/mol. The largest absolute Gasteiger partial charge is 0.133 e. The highest BCUT2D eigenvalue weighted by Crippen LogP contribution is 2.28. The van der Waals surface area contributed by atoms with Crippen LogP contribution in [0.2, 0.25) is 0 Å². The summed E-state index contributed by atoms with van der Waals surface area (Å²) in [6, 6.07) is 16.8. The van der Waals surface area contributed by atoms with Gasteiger partial charge in [0.2, 0.25) is 0 Å². The number of hydrogen-bond donors (Lipinski definition) is 0. The molecule has 2 aromatic rings. The molecule has 0 aromatic heterocycles. The molecule has 0 N–H and O–H groups in total. The van der Waals surface area contributed by atoms with E-state index in [9.17, 15) is 0 Å². The molecule has 2 aliphatic heterocycles. The van der Waals surface area contributed by atoms with Crippen molar-refractivity contribution in [1.29, 1.82) is 0 Å². The number of benzene rings is 2. The maximum absolute atomic E-state index is 2.48. The predicted octanol–water partition coefficient (Wildman–Crippen LogP) is 5.19. The Kier molecular flexibility index (Phi) is 5.36. The molecule has 0 saturated carbocycles. The van der Waals surface area contributed by atoms with Gasteiger partial charge in [0.25, 0.3) is 0 Å². The van der Waals surface area contributed by atoms with Crippen molar-refractivity contribution in [3.63, 3.8) is 0 Å². The average Bonchev–Trinajstić information content (AvgIpc) is 2.48. The lowest BCUT2D eigenvalue weighted by atomic mass is 9.85. The van der Waals surface area contributed by atoms with Crippen LogP contribution in [-0.4, -0.2) is 12.5 Å². The van der Waals surface area contributed by atoms with Gasteiger partial charge in [-0.05, 0) is 38.8 Å². The van der Waals surface area contributed by atoms with Crippen LogP contribution in [0.5, 0.6) is 0 Å². The van der Waals surface area contributed by atoms with Crippen molar-refractivity contribution in [1.82, 2.24) is 0 Å². The van der Waals surface area contributed by atoms with Gasteiger partial charge in [0, 0.05) is 22.3 Å². The summed E-state index contributed by atoms with van der Waals surface area (Å²) in [4.78, 5) is 0. The van der Waals surface area contributed by atoms with Crippen LogP contribution in [0.1, 0.15) is 48.6 Å². The van der Waals surface area contributed by atoms with Crippen molar-refractivity contribution in [2.75, 3.05) is 12.5 Å². The molecule has 24 heavy (non-hydrogen) atoms. The first kappa shape index (κ1) is 17.9. The molecule has 128 valence electrons. The summed E-state index contributed by atoms with van der Waals surface area (Å²) < 4.78 is 0. The van der Waals surface area contributed by atoms with E-state index in [1.165, 1.54) is 50.8 Å². The minimum atomic E-state index is 0.225. The van der Waals surface area contributed by atoms with E-state index in [2.05, 4.69) is 75.7 Å². The summed E-state index contributed by atoms with van der Waals surface area (Å²) in [5.41, 5.74) is 7.78. The molecule has 2 aliphatic rings. The second kappa shape index (κ2) is 7.17. The van der Waals surface area contributed by atoms with E-state index < -0.39 is 0 Å². The Morgan fingerprint density at radius 3 is 1.38 bits per heavy atom. The van der Waals surface area contributed by atoms with E-state index in [1.807, 2.05) is 0 Å². The van der Waals surface area contributed by atoms with Crippen molar-refractivity contribution in [2.24, 2.45) is 0 Å². The average molecular weight is 359 g/mol. The highest BCUT2D eigenvalue weighted by atomic mass is 32.2. The Hall–Kier alpha value is -0.860. The monoisotopic (exact) mass is 358 g/mol. The van der Waals surface area contributed by atoms with Crippen LogP contribution in [0.25, 0.3) is 0 Å². The van der Waals surface area contributed by atoms with Crippen LogP contribution in [0.3, 0.4) is 0 Å². The molecule has 0 amide bonds. The Bertz CT molecular complexity index is 644. The highest BCUT2D eigenvalue weighted by Gasteiger charge is 2.22. The molecule has 0 fully saturated rings. The van der Waals surface area contributed by atoms with E-state index in [-0.39, 0.29) is 5.41 Å². The van der Waals surface area contributed by atoms with Gasteiger partial charge < -0.3 is 0 Å². The normalized spacial score (nSPS) is 21.7. The van der Waals surface area contributed by atoms with E-state index in [1.54, 1.807) is 0 Å². The van der Waals surface area contributed by atoms with E-state index in [4.69, 9.17) is 0 Å². The molecule has 0 saturated heterocycles. The summed E-state index contributed by atoms with van der Waals surface area (Å²) in [6.45, 7) is 7.00. The van der Waals surface area contributed by atoms with Crippen LogP contribution < -0.4 is 0 Å². The Labute approximate surface area is 153 Å². The molecule has 0 nitrogen and oxygen atoms in total. The molecule has 2 aromatic carbocycles. The summed E-state index contributed by atoms with van der Waals surface area (Å²) in [5.74, 6) is 4.81. The van der Waals surface area contributed by atoms with Crippen LogP contribution in [-0.2, 0) is 50.2 Å². The summed E-state index contributed by atoms with van der Waals surface area (Å²) >= 11 is 0. The fraction of sp³-hybridized carbons (Fsp3) is 0.455. The van der Waals surface area contributed by atoms with Crippen LogP contribution >= 0.6 is 0 Å². The second-order valence-corrected chi connectivity index (χ2v) is 12.5. The highest BCUT2D eigenvalue weighted by molar-refractivity contribution is 7.95. The van der Waals surface area contributed by atoms with E-state index >= 15 is 0 Å². The number of fused-ring (bicyclic) bond motifs is 6. The fourth-order valence-corrected chi connectivity index (χ4v) is 6.53. The second-order valence-electron chi connectivity index (χ2n) is 8.24. The van der Waals surface area contributed by atoms with E-state index in [0.29, 0.717) is 21.8 Å². The first-order valence-electron chi connectivity index (χ1n) is 8.69. The van der Waals surface area contributed by atoms with Gasteiger partial charge in [0.1, 0.15) is 23.0 Å². The standard InChI is InChI=1S/C22H30S2/c1-22(2,3)21-11-19-10-20(12-21)16-24(5)14-18-8-6-17(7-9-18)13-23(4)15-19/h6-12H,13-16H2,1-5H3/q+2. The van der Waals surface area contributed by atoms with Crippen molar-refractivity contribution < 1.29 is 0 Å². The molecule has 0 radical (unpaired) electrons. The van der Waals surface area contributed by atoms with Gasteiger partial charge in [0.05, 0.1) is 12.5 Å². The molecular formula is C22H30S2+2. The maximum Gasteiger partial charge on any atom is 0.133 e. The fourth-order valence-electron chi connectivity index (χ4n) is 3.33. The Morgan fingerprint density at radius 1 is 0.625 bits per heavy atom. The maximum atomic E-state index is 2.48. The number of rotatable bonds is 0. The summed E-state index contributed by atoms with van der Waals surface area (Å²) in [7, 11) is 0.780. The van der Waals surface area contributed by atoms with Crippen molar-refractivity contribution in [3.05, 3.63) is 70.3 Å². The third-order valence-corrected chi connectivity index (χ3v) is 7.90. The van der Waals surface area contributed by atoms with Crippen molar-refractivity contribution >= 4 is 21.8 Å². The summed E-state index contributed by atoms with van der Waals surface area (Å²) in [5, 5.41) is 0. The minimum absolute atomic E-state index is 0.225. The first-order chi connectivity index (χ1) is 11.3. The topological polar surface area (TPSA) is 0 Å². The SMILES string of the molecule is C[S+]1Cc2ccc(cc2)C[S+](C)Cc2cc(cc(C(C)(C)C)c2)C1. The predicted molar refractivity (Wildman–Crippen MR) is 113 cm³/mol. The van der Waals surface area contributed by atoms with Crippen LogP contribution in [0.4, 0.5) is 0 Å². The molecule has 2 atom stereocenters. The zero-order chi connectivity index (χ0) is 17.3. The summed E-state index contributed by atoms with van der Waals surface area (Å²) in [6.07, 6.45) is 4.84.